The number of allylic oxidation sites excluding steroid dienone is 2. The van der Waals surface area contributed by atoms with Crippen LogP contribution in [0.1, 0.15) is 45.4 Å². The molecule has 0 fully saturated rings. The lowest BCUT2D eigenvalue weighted by molar-refractivity contribution is 0.551. The van der Waals surface area contributed by atoms with Crippen LogP contribution in [-0.2, 0) is 0 Å². The second-order valence-corrected chi connectivity index (χ2v) is 5.24. The zero-order valence-electron chi connectivity index (χ0n) is 12.0. The van der Waals surface area contributed by atoms with Crippen molar-refractivity contribution in [3.63, 3.8) is 0 Å². The third kappa shape index (κ3) is 3.73. The molecule has 2 nitrogen and oxygen atoms in total. The van der Waals surface area contributed by atoms with Crippen LogP contribution >= 0.6 is 11.6 Å². The van der Waals surface area contributed by atoms with Crippen molar-refractivity contribution in [2.75, 3.05) is 0 Å². The zero-order chi connectivity index (χ0) is 14.4. The molecule has 1 aromatic carbocycles. The molecule has 3 heteroatoms. The maximum absolute atomic E-state index is 5.90. The number of benzene rings is 1. The highest BCUT2D eigenvalue weighted by Crippen LogP contribution is 2.27. The standard InChI is InChI=1S/C17H20ClNO/c1-3-5-7-14(6-4-2)17-19-12-16(20-17)13-8-10-15(18)11-9-13/h7-12H,3-6H2,1-2H3/b14-7+. The monoisotopic (exact) mass is 289 g/mol. The zero-order valence-corrected chi connectivity index (χ0v) is 12.8. The summed E-state index contributed by atoms with van der Waals surface area (Å²) >= 11 is 5.90. The van der Waals surface area contributed by atoms with E-state index < -0.39 is 0 Å². The van der Waals surface area contributed by atoms with E-state index in [2.05, 4.69) is 24.9 Å². The van der Waals surface area contributed by atoms with Crippen molar-refractivity contribution in [2.24, 2.45) is 0 Å². The minimum Gasteiger partial charge on any atom is -0.437 e. The molecule has 2 aromatic rings. The summed E-state index contributed by atoms with van der Waals surface area (Å²) in [5.74, 6) is 1.53. The van der Waals surface area contributed by atoms with Gasteiger partial charge in [-0.1, -0.05) is 44.4 Å². The van der Waals surface area contributed by atoms with E-state index in [1.807, 2.05) is 24.3 Å². The lowest BCUT2D eigenvalue weighted by Crippen LogP contribution is -1.84. The average molecular weight is 290 g/mol. The van der Waals surface area contributed by atoms with Gasteiger partial charge < -0.3 is 4.42 Å². The third-order valence-electron chi connectivity index (χ3n) is 3.11. The normalized spacial score (nSPS) is 11.8. The van der Waals surface area contributed by atoms with Crippen molar-refractivity contribution >= 4 is 17.2 Å². The van der Waals surface area contributed by atoms with Crippen molar-refractivity contribution < 1.29 is 4.42 Å². The molecule has 20 heavy (non-hydrogen) atoms. The van der Waals surface area contributed by atoms with Crippen LogP contribution in [0, 0.1) is 0 Å². The van der Waals surface area contributed by atoms with Gasteiger partial charge in [-0.05, 0) is 37.1 Å². The van der Waals surface area contributed by atoms with Gasteiger partial charge in [-0.15, -0.1) is 0 Å². The number of oxazole rings is 1. The predicted octanol–water partition coefficient (Wildman–Crippen LogP) is 5.98. The van der Waals surface area contributed by atoms with E-state index in [4.69, 9.17) is 16.0 Å². The van der Waals surface area contributed by atoms with Crippen molar-refractivity contribution in [3.05, 3.63) is 47.5 Å². The van der Waals surface area contributed by atoms with Crippen LogP contribution in [-0.4, -0.2) is 4.98 Å². The summed E-state index contributed by atoms with van der Waals surface area (Å²) in [7, 11) is 0. The molecule has 2 rings (SSSR count). The first-order valence-corrected chi connectivity index (χ1v) is 7.53. The molecular formula is C17H20ClNO. The summed E-state index contributed by atoms with van der Waals surface area (Å²) in [4.78, 5) is 4.42. The second kappa shape index (κ2) is 7.30. The van der Waals surface area contributed by atoms with E-state index in [1.54, 1.807) is 6.20 Å². The summed E-state index contributed by atoms with van der Waals surface area (Å²) in [5.41, 5.74) is 2.20. The number of nitrogens with zero attached hydrogens (tertiary/aromatic N) is 1. The maximum Gasteiger partial charge on any atom is 0.222 e. The summed E-state index contributed by atoms with van der Waals surface area (Å²) in [6, 6.07) is 7.61. The molecule has 1 heterocycles. The van der Waals surface area contributed by atoms with Crippen molar-refractivity contribution in [3.8, 4) is 11.3 Å². The van der Waals surface area contributed by atoms with E-state index in [1.165, 1.54) is 5.57 Å². The van der Waals surface area contributed by atoms with Crippen molar-refractivity contribution in [1.82, 2.24) is 4.98 Å². The number of halogens is 1. The quantitative estimate of drug-likeness (QED) is 0.654. The Balaban J connectivity index is 2.24. The predicted molar refractivity (Wildman–Crippen MR) is 84.7 cm³/mol. The van der Waals surface area contributed by atoms with Gasteiger partial charge in [0.1, 0.15) is 0 Å². The molecule has 0 bridgehead atoms. The number of hydrogen-bond acceptors (Lipinski definition) is 2. The lowest BCUT2D eigenvalue weighted by atomic mass is 10.1. The number of unbranched alkanes of at least 4 members (excludes halogenated alkanes) is 1. The van der Waals surface area contributed by atoms with Crippen LogP contribution in [0.3, 0.4) is 0 Å². The van der Waals surface area contributed by atoms with Gasteiger partial charge in [0, 0.05) is 16.2 Å². The highest BCUT2D eigenvalue weighted by atomic mass is 35.5. The van der Waals surface area contributed by atoms with Gasteiger partial charge >= 0.3 is 0 Å². The topological polar surface area (TPSA) is 26.0 Å². The summed E-state index contributed by atoms with van der Waals surface area (Å²) < 4.78 is 5.90. The molecular weight excluding hydrogens is 270 g/mol. The molecule has 0 radical (unpaired) electrons. The first-order valence-electron chi connectivity index (χ1n) is 7.15. The largest absolute Gasteiger partial charge is 0.437 e. The van der Waals surface area contributed by atoms with Crippen LogP contribution in [0.2, 0.25) is 5.02 Å². The van der Waals surface area contributed by atoms with E-state index in [-0.39, 0.29) is 0 Å². The highest BCUT2D eigenvalue weighted by molar-refractivity contribution is 6.30. The van der Waals surface area contributed by atoms with Crippen LogP contribution in [0.15, 0.2) is 41.0 Å². The molecule has 0 aliphatic carbocycles. The Labute approximate surface area is 125 Å². The smallest absolute Gasteiger partial charge is 0.222 e. The lowest BCUT2D eigenvalue weighted by Gasteiger charge is -2.01. The second-order valence-electron chi connectivity index (χ2n) is 4.80. The van der Waals surface area contributed by atoms with Crippen LogP contribution in [0.4, 0.5) is 0 Å². The van der Waals surface area contributed by atoms with E-state index in [9.17, 15) is 0 Å². The van der Waals surface area contributed by atoms with Gasteiger partial charge in [0.2, 0.25) is 5.89 Å². The van der Waals surface area contributed by atoms with Crippen LogP contribution in [0.5, 0.6) is 0 Å². The molecule has 0 aliphatic rings. The first kappa shape index (κ1) is 14.9. The van der Waals surface area contributed by atoms with Crippen molar-refractivity contribution in [2.45, 2.75) is 39.5 Å². The van der Waals surface area contributed by atoms with E-state index >= 15 is 0 Å². The van der Waals surface area contributed by atoms with Gasteiger partial charge in [0.05, 0.1) is 6.20 Å². The van der Waals surface area contributed by atoms with Gasteiger partial charge in [-0.2, -0.15) is 0 Å². The SMILES string of the molecule is CCC/C=C(\CCC)c1ncc(-c2ccc(Cl)cc2)o1. The summed E-state index contributed by atoms with van der Waals surface area (Å²) in [5, 5.41) is 0.725. The molecule has 0 spiro atoms. The first-order chi connectivity index (χ1) is 9.74. The minimum absolute atomic E-state index is 0.725. The van der Waals surface area contributed by atoms with Gasteiger partial charge in [0.25, 0.3) is 0 Å². The Hall–Kier alpha value is -1.54. The molecule has 0 aliphatic heterocycles. The molecule has 1 aromatic heterocycles. The van der Waals surface area contributed by atoms with Crippen LogP contribution < -0.4 is 0 Å². The Bertz CT molecular complexity index is 569. The Morgan fingerprint density at radius 2 is 1.95 bits per heavy atom. The minimum atomic E-state index is 0.725. The maximum atomic E-state index is 5.90. The average Bonchev–Trinajstić information content (AvgIpc) is 2.94. The molecule has 0 saturated heterocycles. The molecule has 0 atom stereocenters. The third-order valence-corrected chi connectivity index (χ3v) is 3.36. The molecule has 0 unspecified atom stereocenters. The van der Waals surface area contributed by atoms with Gasteiger partial charge in [-0.25, -0.2) is 4.98 Å². The Morgan fingerprint density at radius 3 is 2.60 bits per heavy atom. The van der Waals surface area contributed by atoms with Gasteiger partial charge in [-0.3, -0.25) is 0 Å². The van der Waals surface area contributed by atoms with E-state index in [0.717, 1.165) is 47.9 Å². The van der Waals surface area contributed by atoms with Crippen molar-refractivity contribution in [1.29, 1.82) is 0 Å². The number of aromatic nitrogens is 1. The molecule has 0 amide bonds. The number of rotatable bonds is 6. The van der Waals surface area contributed by atoms with Crippen LogP contribution in [0.25, 0.3) is 16.9 Å². The summed E-state index contributed by atoms with van der Waals surface area (Å²) in [6.07, 6.45) is 8.32. The number of hydrogen-bond donors (Lipinski definition) is 0. The molecule has 0 saturated carbocycles. The fourth-order valence-electron chi connectivity index (χ4n) is 2.05. The van der Waals surface area contributed by atoms with Gasteiger partial charge in [0.15, 0.2) is 5.76 Å². The Kier molecular flexibility index (Phi) is 5.42. The molecule has 106 valence electrons. The Morgan fingerprint density at radius 1 is 1.20 bits per heavy atom. The molecule has 0 N–H and O–H groups in total. The fraction of sp³-hybridized carbons (Fsp3) is 0.353. The van der Waals surface area contributed by atoms with E-state index in [0.29, 0.717) is 0 Å². The highest BCUT2D eigenvalue weighted by Gasteiger charge is 2.10. The fourth-order valence-corrected chi connectivity index (χ4v) is 2.18. The summed E-state index contributed by atoms with van der Waals surface area (Å²) in [6.45, 7) is 4.34.